The predicted octanol–water partition coefficient (Wildman–Crippen LogP) is 4.31. The van der Waals surface area contributed by atoms with Gasteiger partial charge in [0, 0.05) is 23.7 Å². The van der Waals surface area contributed by atoms with Crippen LogP contribution < -0.4 is 10.3 Å². The Morgan fingerprint density at radius 3 is 2.79 bits per heavy atom. The van der Waals surface area contributed by atoms with E-state index in [4.69, 9.17) is 4.74 Å². The number of aromatic nitrogens is 3. The molecule has 1 aliphatic rings. The third-order valence-electron chi connectivity index (χ3n) is 4.97. The summed E-state index contributed by atoms with van der Waals surface area (Å²) in [6.45, 7) is 0.0696. The van der Waals surface area contributed by atoms with Crippen LogP contribution in [-0.4, -0.2) is 14.5 Å². The number of hydrogen-bond donors (Lipinski definition) is 1. The number of fused-ring (bicyclic) bond motifs is 1. The molecule has 28 heavy (non-hydrogen) atoms. The third kappa shape index (κ3) is 3.17. The van der Waals surface area contributed by atoms with Gasteiger partial charge in [-0.3, -0.25) is 9.36 Å². The first-order valence-electron chi connectivity index (χ1n) is 9.26. The van der Waals surface area contributed by atoms with Gasteiger partial charge in [0.1, 0.15) is 24.0 Å². The number of aromatic amines is 1. The number of rotatable bonds is 5. The van der Waals surface area contributed by atoms with Gasteiger partial charge in [0.15, 0.2) is 0 Å². The number of nitrogens with one attached hydrogen (secondary N) is 1. The Balaban J connectivity index is 1.39. The number of halogens is 1. The zero-order valence-corrected chi connectivity index (χ0v) is 15.1. The smallest absolute Gasteiger partial charge is 0.258 e. The van der Waals surface area contributed by atoms with E-state index in [0.29, 0.717) is 17.2 Å². The Morgan fingerprint density at radius 1 is 1.14 bits per heavy atom. The van der Waals surface area contributed by atoms with Crippen LogP contribution in [0.3, 0.4) is 0 Å². The largest absolute Gasteiger partial charge is 0.489 e. The molecule has 140 valence electrons. The molecule has 1 fully saturated rings. The van der Waals surface area contributed by atoms with E-state index in [1.165, 1.54) is 25.0 Å². The van der Waals surface area contributed by atoms with Crippen LogP contribution in [0.1, 0.15) is 30.1 Å². The second kappa shape index (κ2) is 6.64. The van der Waals surface area contributed by atoms with Gasteiger partial charge < -0.3 is 9.72 Å². The van der Waals surface area contributed by atoms with Gasteiger partial charge in [-0.05, 0) is 43.2 Å². The molecule has 1 N–H and O–H groups in total. The number of imidazole rings is 1. The molecule has 1 saturated carbocycles. The fraction of sp³-hybridized carbons (Fsp3) is 0.182. The zero-order chi connectivity index (χ0) is 19.1. The van der Waals surface area contributed by atoms with Gasteiger partial charge in [0.05, 0.1) is 16.7 Å². The van der Waals surface area contributed by atoms with Crippen molar-refractivity contribution in [2.45, 2.75) is 25.4 Å². The Kier molecular flexibility index (Phi) is 3.97. The van der Waals surface area contributed by atoms with Crippen LogP contribution in [-0.2, 0) is 6.61 Å². The van der Waals surface area contributed by atoms with Crippen LogP contribution in [0, 0.1) is 5.82 Å². The van der Waals surface area contributed by atoms with E-state index in [1.807, 2.05) is 18.2 Å². The summed E-state index contributed by atoms with van der Waals surface area (Å²) in [6, 6.07) is 15.3. The van der Waals surface area contributed by atoms with Gasteiger partial charge in [-0.25, -0.2) is 9.37 Å². The summed E-state index contributed by atoms with van der Waals surface area (Å²) in [6.07, 6.45) is 4.03. The van der Waals surface area contributed by atoms with Crippen molar-refractivity contribution in [3.63, 3.8) is 0 Å². The Morgan fingerprint density at radius 2 is 2.00 bits per heavy atom. The number of hydrogen-bond acceptors (Lipinski definition) is 3. The highest BCUT2D eigenvalue weighted by atomic mass is 19.1. The van der Waals surface area contributed by atoms with Crippen LogP contribution >= 0.6 is 0 Å². The highest BCUT2D eigenvalue weighted by molar-refractivity contribution is 5.77. The molecule has 6 heteroatoms. The molecule has 1 aliphatic carbocycles. The van der Waals surface area contributed by atoms with Gasteiger partial charge in [-0.1, -0.05) is 18.2 Å². The molecule has 2 aromatic heterocycles. The molecule has 2 aromatic carbocycles. The van der Waals surface area contributed by atoms with Crippen LogP contribution in [0.5, 0.6) is 5.75 Å². The molecule has 5 nitrogen and oxygen atoms in total. The third-order valence-corrected chi connectivity index (χ3v) is 4.97. The van der Waals surface area contributed by atoms with E-state index >= 15 is 0 Å². The maximum Gasteiger partial charge on any atom is 0.258 e. The minimum absolute atomic E-state index is 0.0696. The summed E-state index contributed by atoms with van der Waals surface area (Å²) in [5, 5.41) is 0. The Labute approximate surface area is 160 Å². The average Bonchev–Trinajstić information content (AvgIpc) is 3.46. The first-order chi connectivity index (χ1) is 13.7. The molecular weight excluding hydrogens is 357 g/mol. The Bertz CT molecular complexity index is 1220. The van der Waals surface area contributed by atoms with E-state index in [-0.39, 0.29) is 18.0 Å². The van der Waals surface area contributed by atoms with E-state index < -0.39 is 0 Å². The molecule has 0 aliphatic heterocycles. The summed E-state index contributed by atoms with van der Waals surface area (Å²) < 4.78 is 20.8. The Hall–Kier alpha value is -3.41. The minimum atomic E-state index is -0.325. The molecule has 0 bridgehead atoms. The monoisotopic (exact) mass is 375 g/mol. The summed E-state index contributed by atoms with van der Waals surface area (Å²) in [4.78, 5) is 20.5. The molecule has 2 heterocycles. The van der Waals surface area contributed by atoms with Gasteiger partial charge in [-0.15, -0.1) is 0 Å². The van der Waals surface area contributed by atoms with Crippen LogP contribution in [0.2, 0.25) is 0 Å². The lowest BCUT2D eigenvalue weighted by Crippen LogP contribution is -2.16. The average molecular weight is 375 g/mol. The van der Waals surface area contributed by atoms with Crippen molar-refractivity contribution in [3.05, 3.63) is 88.4 Å². The summed E-state index contributed by atoms with van der Waals surface area (Å²) in [7, 11) is 0. The molecule has 4 aromatic rings. The van der Waals surface area contributed by atoms with Gasteiger partial charge >= 0.3 is 0 Å². The zero-order valence-electron chi connectivity index (χ0n) is 15.1. The second-order valence-electron chi connectivity index (χ2n) is 7.05. The molecule has 0 saturated heterocycles. The minimum Gasteiger partial charge on any atom is -0.489 e. The topological polar surface area (TPSA) is 59.9 Å². The highest BCUT2D eigenvalue weighted by Gasteiger charge is 2.26. The second-order valence-corrected chi connectivity index (χ2v) is 7.05. The maximum absolute atomic E-state index is 13.7. The van der Waals surface area contributed by atoms with Gasteiger partial charge in [0.2, 0.25) is 0 Å². The van der Waals surface area contributed by atoms with Crippen molar-refractivity contribution >= 4 is 11.0 Å². The lowest BCUT2D eigenvalue weighted by Gasteiger charge is -2.09. The maximum atomic E-state index is 13.7. The number of benzene rings is 2. The van der Waals surface area contributed by atoms with Crippen molar-refractivity contribution < 1.29 is 9.13 Å². The number of ether oxygens (including phenoxy) is 1. The summed E-state index contributed by atoms with van der Waals surface area (Å²) in [5.74, 6) is 1.65. The fourth-order valence-electron chi connectivity index (χ4n) is 3.26. The number of H-pyrrole nitrogens is 1. The fourth-order valence-corrected chi connectivity index (χ4v) is 3.26. The van der Waals surface area contributed by atoms with E-state index in [0.717, 1.165) is 22.5 Å². The lowest BCUT2D eigenvalue weighted by molar-refractivity contribution is 0.299. The van der Waals surface area contributed by atoms with Crippen molar-refractivity contribution in [1.29, 1.82) is 0 Å². The lowest BCUT2D eigenvalue weighted by atomic mass is 10.2. The van der Waals surface area contributed by atoms with Crippen LogP contribution in [0.15, 0.2) is 65.6 Å². The molecule has 0 amide bonds. The SMILES string of the molecule is O=c1cc(OCc2ccccc2F)ccn1-c1ccc2nc(C3CC3)[nH]c2c1. The van der Waals surface area contributed by atoms with Crippen molar-refractivity contribution in [1.82, 2.24) is 14.5 Å². The normalized spacial score (nSPS) is 13.8. The predicted molar refractivity (Wildman–Crippen MR) is 104 cm³/mol. The number of nitrogens with zero attached hydrogens (tertiary/aromatic N) is 2. The molecule has 0 radical (unpaired) electrons. The van der Waals surface area contributed by atoms with E-state index in [9.17, 15) is 9.18 Å². The summed E-state index contributed by atoms with van der Waals surface area (Å²) >= 11 is 0. The van der Waals surface area contributed by atoms with Crippen LogP contribution in [0.4, 0.5) is 4.39 Å². The van der Waals surface area contributed by atoms with Gasteiger partial charge in [-0.2, -0.15) is 0 Å². The molecular formula is C22H18FN3O2. The van der Waals surface area contributed by atoms with Crippen molar-refractivity contribution in [3.8, 4) is 11.4 Å². The van der Waals surface area contributed by atoms with Crippen molar-refractivity contribution in [2.24, 2.45) is 0 Å². The first kappa shape index (κ1) is 16.7. The highest BCUT2D eigenvalue weighted by Crippen LogP contribution is 2.39. The molecule has 0 unspecified atom stereocenters. The number of pyridine rings is 1. The first-order valence-corrected chi connectivity index (χ1v) is 9.26. The standard InChI is InChI=1S/C22H18FN3O2/c23-18-4-2-1-3-15(18)13-28-17-9-10-26(21(27)12-17)16-7-8-19-20(11-16)25-22(24-19)14-5-6-14/h1-4,7-12,14H,5-6,13H2,(H,24,25). The van der Waals surface area contributed by atoms with Gasteiger partial charge in [0.25, 0.3) is 5.56 Å². The molecule has 0 atom stereocenters. The summed E-state index contributed by atoms with van der Waals surface area (Å²) in [5.41, 5.74) is 2.81. The van der Waals surface area contributed by atoms with Crippen LogP contribution in [0.25, 0.3) is 16.7 Å². The molecule has 0 spiro atoms. The van der Waals surface area contributed by atoms with E-state index in [2.05, 4.69) is 9.97 Å². The quantitative estimate of drug-likeness (QED) is 0.565. The van der Waals surface area contributed by atoms with Crippen molar-refractivity contribution in [2.75, 3.05) is 0 Å². The van der Waals surface area contributed by atoms with E-state index in [1.54, 1.807) is 35.0 Å². The molecule has 5 rings (SSSR count).